The summed E-state index contributed by atoms with van der Waals surface area (Å²) in [5.74, 6) is 0.515. The summed E-state index contributed by atoms with van der Waals surface area (Å²) < 4.78 is 2.19. The van der Waals surface area contributed by atoms with Crippen molar-refractivity contribution in [3.05, 3.63) is 114 Å². The van der Waals surface area contributed by atoms with Crippen LogP contribution < -0.4 is 10.6 Å². The Morgan fingerprint density at radius 1 is 0.737 bits per heavy atom. The lowest BCUT2D eigenvalue weighted by atomic mass is 10.1. The Morgan fingerprint density at radius 2 is 1.29 bits per heavy atom. The Balaban J connectivity index is 1.42. The number of hydrogen-bond donors (Lipinski definition) is 2. The molecule has 7 nitrogen and oxygen atoms in total. The van der Waals surface area contributed by atoms with Crippen molar-refractivity contribution in [2.24, 2.45) is 0 Å². The number of imidazole rings is 1. The van der Waals surface area contributed by atoms with Crippen molar-refractivity contribution < 1.29 is 9.59 Å². The van der Waals surface area contributed by atoms with Crippen LogP contribution in [0.2, 0.25) is 0 Å². The lowest BCUT2D eigenvalue weighted by Gasteiger charge is -2.14. The molecule has 0 saturated carbocycles. The van der Waals surface area contributed by atoms with E-state index >= 15 is 0 Å². The van der Waals surface area contributed by atoms with Crippen LogP contribution in [-0.4, -0.2) is 46.9 Å². The molecule has 0 aliphatic carbocycles. The summed E-state index contributed by atoms with van der Waals surface area (Å²) in [4.78, 5) is 32.3. The van der Waals surface area contributed by atoms with Crippen molar-refractivity contribution in [1.29, 1.82) is 0 Å². The summed E-state index contributed by atoms with van der Waals surface area (Å²) in [7, 11) is 4.08. The number of nitrogens with zero attached hydrogens (tertiary/aromatic N) is 3. The zero-order valence-corrected chi connectivity index (χ0v) is 21.4. The van der Waals surface area contributed by atoms with Crippen LogP contribution in [0.4, 0.5) is 11.4 Å². The number of rotatable bonds is 8. The van der Waals surface area contributed by atoms with Crippen LogP contribution >= 0.6 is 0 Å². The van der Waals surface area contributed by atoms with Gasteiger partial charge in [-0.05, 0) is 80.8 Å². The molecule has 0 radical (unpaired) electrons. The van der Waals surface area contributed by atoms with Crippen LogP contribution in [-0.2, 0) is 6.54 Å². The normalized spacial score (nSPS) is 11.0. The van der Waals surface area contributed by atoms with E-state index in [1.54, 1.807) is 24.3 Å². The standard InChI is InChI=1S/C31H29N5O2/c1-35(2)19-20-36-28-18-17-26(33-31(38)24-11-7-4-8-12-24)21-27(28)34-29(36)22-13-15-25(16-14-22)32-30(37)23-9-5-3-6-10-23/h3-18,21H,19-20H2,1-2H3,(H,32,37)(H,33,38). The second-order valence-corrected chi connectivity index (χ2v) is 9.31. The Bertz CT molecular complexity index is 1560. The van der Waals surface area contributed by atoms with Gasteiger partial charge in [0.1, 0.15) is 5.82 Å². The zero-order chi connectivity index (χ0) is 26.5. The van der Waals surface area contributed by atoms with E-state index in [0.29, 0.717) is 22.5 Å². The highest BCUT2D eigenvalue weighted by atomic mass is 16.2. The second-order valence-electron chi connectivity index (χ2n) is 9.31. The average molecular weight is 504 g/mol. The van der Waals surface area contributed by atoms with Gasteiger partial charge in [0.15, 0.2) is 0 Å². The number of benzene rings is 4. The molecule has 0 aliphatic rings. The first kappa shape index (κ1) is 24.9. The molecular weight excluding hydrogens is 474 g/mol. The predicted octanol–water partition coefficient (Wildman–Crippen LogP) is 5.77. The molecular formula is C31H29N5O2. The van der Waals surface area contributed by atoms with Crippen molar-refractivity contribution in [1.82, 2.24) is 14.5 Å². The highest BCUT2D eigenvalue weighted by Crippen LogP contribution is 2.28. The van der Waals surface area contributed by atoms with Gasteiger partial charge < -0.3 is 20.1 Å². The summed E-state index contributed by atoms with van der Waals surface area (Å²) in [5.41, 5.74) is 5.33. The quantitative estimate of drug-likeness (QED) is 0.282. The van der Waals surface area contributed by atoms with Gasteiger partial charge in [-0.25, -0.2) is 4.98 Å². The summed E-state index contributed by atoms with van der Waals surface area (Å²) in [6, 6.07) is 31.8. The molecule has 0 bridgehead atoms. The predicted molar refractivity (Wildman–Crippen MR) is 153 cm³/mol. The minimum Gasteiger partial charge on any atom is -0.323 e. The zero-order valence-electron chi connectivity index (χ0n) is 21.4. The number of amides is 2. The minimum atomic E-state index is -0.162. The van der Waals surface area contributed by atoms with Gasteiger partial charge in [-0.3, -0.25) is 9.59 Å². The molecule has 0 spiro atoms. The van der Waals surface area contributed by atoms with Crippen molar-refractivity contribution in [2.75, 3.05) is 31.3 Å². The van der Waals surface area contributed by atoms with E-state index in [0.717, 1.165) is 35.5 Å². The highest BCUT2D eigenvalue weighted by molar-refractivity contribution is 6.05. The molecule has 2 N–H and O–H groups in total. The van der Waals surface area contributed by atoms with Gasteiger partial charge in [-0.2, -0.15) is 0 Å². The minimum absolute atomic E-state index is 0.151. The first-order chi connectivity index (χ1) is 18.5. The van der Waals surface area contributed by atoms with Crippen molar-refractivity contribution in [2.45, 2.75) is 6.54 Å². The van der Waals surface area contributed by atoms with Crippen LogP contribution in [0, 0.1) is 0 Å². The van der Waals surface area contributed by atoms with Crippen LogP contribution in [0.1, 0.15) is 20.7 Å². The second kappa shape index (κ2) is 11.1. The summed E-state index contributed by atoms with van der Waals surface area (Å²) in [6.45, 7) is 1.59. The van der Waals surface area contributed by atoms with Crippen LogP contribution in [0.15, 0.2) is 103 Å². The number of carbonyl (C=O) groups is 2. The summed E-state index contributed by atoms with van der Waals surface area (Å²) in [5, 5.41) is 5.92. The SMILES string of the molecule is CN(C)CCn1c(-c2ccc(NC(=O)c3ccccc3)cc2)nc2cc(NC(=O)c3ccccc3)ccc21. The number of likely N-dealkylation sites (N-methyl/N-ethyl adjacent to an activating group) is 1. The Kier molecular flexibility index (Phi) is 7.28. The molecule has 0 saturated heterocycles. The molecule has 0 fully saturated rings. The number of hydrogen-bond acceptors (Lipinski definition) is 4. The van der Waals surface area contributed by atoms with E-state index < -0.39 is 0 Å². The maximum atomic E-state index is 12.6. The molecule has 2 amide bonds. The van der Waals surface area contributed by atoms with Gasteiger partial charge in [0.05, 0.1) is 11.0 Å². The Morgan fingerprint density at radius 3 is 1.87 bits per heavy atom. The van der Waals surface area contributed by atoms with E-state index in [-0.39, 0.29) is 11.8 Å². The van der Waals surface area contributed by atoms with E-state index in [1.807, 2.05) is 93.0 Å². The molecule has 1 heterocycles. The third-order valence-corrected chi connectivity index (χ3v) is 6.25. The van der Waals surface area contributed by atoms with Gasteiger partial charge in [0.2, 0.25) is 0 Å². The molecule has 4 aromatic carbocycles. The maximum Gasteiger partial charge on any atom is 0.255 e. The third kappa shape index (κ3) is 5.63. The lowest BCUT2D eigenvalue weighted by Crippen LogP contribution is -2.18. The molecule has 190 valence electrons. The first-order valence-corrected chi connectivity index (χ1v) is 12.5. The molecule has 7 heteroatoms. The molecule has 1 aromatic heterocycles. The lowest BCUT2D eigenvalue weighted by molar-refractivity contribution is 0.101. The molecule has 5 rings (SSSR count). The molecule has 0 atom stereocenters. The molecule has 0 aliphatic heterocycles. The summed E-state index contributed by atoms with van der Waals surface area (Å²) >= 11 is 0. The van der Waals surface area contributed by atoms with E-state index in [2.05, 4.69) is 20.1 Å². The van der Waals surface area contributed by atoms with Gasteiger partial charge in [0, 0.05) is 41.2 Å². The van der Waals surface area contributed by atoms with Crippen LogP contribution in [0.3, 0.4) is 0 Å². The van der Waals surface area contributed by atoms with Crippen LogP contribution in [0.5, 0.6) is 0 Å². The van der Waals surface area contributed by atoms with Gasteiger partial charge in [0.25, 0.3) is 11.8 Å². The fourth-order valence-electron chi connectivity index (χ4n) is 4.24. The van der Waals surface area contributed by atoms with Gasteiger partial charge in [-0.15, -0.1) is 0 Å². The number of aromatic nitrogens is 2. The monoisotopic (exact) mass is 503 g/mol. The topological polar surface area (TPSA) is 79.3 Å². The molecule has 5 aromatic rings. The maximum absolute atomic E-state index is 12.6. The van der Waals surface area contributed by atoms with Crippen molar-refractivity contribution >= 4 is 34.2 Å². The molecule has 0 unspecified atom stereocenters. The largest absolute Gasteiger partial charge is 0.323 e. The van der Waals surface area contributed by atoms with E-state index in [1.165, 1.54) is 0 Å². The highest BCUT2D eigenvalue weighted by Gasteiger charge is 2.15. The number of nitrogens with one attached hydrogen (secondary N) is 2. The number of carbonyl (C=O) groups excluding carboxylic acids is 2. The Hall–Kier alpha value is -4.75. The number of anilines is 2. The van der Waals surface area contributed by atoms with Gasteiger partial charge in [-0.1, -0.05) is 36.4 Å². The van der Waals surface area contributed by atoms with E-state index in [9.17, 15) is 9.59 Å². The number of fused-ring (bicyclic) bond motifs is 1. The van der Waals surface area contributed by atoms with Crippen LogP contribution in [0.25, 0.3) is 22.4 Å². The Labute approximate surface area is 221 Å². The fraction of sp³-hybridized carbons (Fsp3) is 0.129. The third-order valence-electron chi connectivity index (χ3n) is 6.25. The first-order valence-electron chi connectivity index (χ1n) is 12.5. The smallest absolute Gasteiger partial charge is 0.255 e. The van der Waals surface area contributed by atoms with E-state index in [4.69, 9.17) is 4.98 Å². The molecule has 38 heavy (non-hydrogen) atoms. The summed E-state index contributed by atoms with van der Waals surface area (Å²) in [6.07, 6.45) is 0. The fourth-order valence-corrected chi connectivity index (χ4v) is 4.24. The van der Waals surface area contributed by atoms with Crippen molar-refractivity contribution in [3.8, 4) is 11.4 Å². The van der Waals surface area contributed by atoms with Crippen molar-refractivity contribution in [3.63, 3.8) is 0 Å². The average Bonchev–Trinajstić information content (AvgIpc) is 3.31. The van der Waals surface area contributed by atoms with Gasteiger partial charge >= 0.3 is 0 Å².